The van der Waals surface area contributed by atoms with Crippen LogP contribution in [0.25, 0.3) is 11.5 Å². The number of aromatic nitrogens is 2. The van der Waals surface area contributed by atoms with Crippen molar-refractivity contribution < 1.29 is 17.7 Å². The Balaban J connectivity index is 2.14. The van der Waals surface area contributed by atoms with Crippen LogP contribution in [-0.2, 0) is 12.8 Å². The number of halogens is 3. The van der Waals surface area contributed by atoms with Crippen molar-refractivity contribution in [1.29, 1.82) is 0 Å². The molecule has 21 heavy (non-hydrogen) atoms. The standard InChI is InChI=1S/C14H16F3N3O/c1-18-9-7-10-4-2-3-5-11(10)13-19-12(20-21-13)6-8-14(15,16)17/h2-5,18H,6-9H2,1H3. The number of aryl methyl sites for hydroxylation is 1. The number of alkyl halides is 3. The first-order valence-corrected chi connectivity index (χ1v) is 6.62. The number of nitrogens with zero attached hydrogens (tertiary/aromatic N) is 2. The number of benzene rings is 1. The second-order valence-electron chi connectivity index (χ2n) is 4.64. The van der Waals surface area contributed by atoms with Gasteiger partial charge in [0, 0.05) is 12.0 Å². The van der Waals surface area contributed by atoms with Crippen LogP contribution in [0.5, 0.6) is 0 Å². The Hall–Kier alpha value is -1.89. The van der Waals surface area contributed by atoms with Gasteiger partial charge in [-0.3, -0.25) is 0 Å². The molecule has 1 aromatic heterocycles. The summed E-state index contributed by atoms with van der Waals surface area (Å²) in [5, 5.41) is 6.66. The molecule has 4 nitrogen and oxygen atoms in total. The normalized spacial score (nSPS) is 11.8. The molecule has 0 unspecified atom stereocenters. The van der Waals surface area contributed by atoms with Crippen LogP contribution >= 0.6 is 0 Å². The van der Waals surface area contributed by atoms with E-state index in [2.05, 4.69) is 15.5 Å². The third-order valence-corrected chi connectivity index (χ3v) is 2.99. The lowest BCUT2D eigenvalue weighted by atomic mass is 10.0. The zero-order chi connectivity index (χ0) is 15.3. The molecule has 0 amide bonds. The van der Waals surface area contributed by atoms with Crippen molar-refractivity contribution in [3.63, 3.8) is 0 Å². The van der Waals surface area contributed by atoms with Gasteiger partial charge in [-0.05, 0) is 31.6 Å². The lowest BCUT2D eigenvalue weighted by Crippen LogP contribution is -2.10. The van der Waals surface area contributed by atoms with Crippen LogP contribution in [0.3, 0.4) is 0 Å². The second kappa shape index (κ2) is 6.71. The zero-order valence-corrected chi connectivity index (χ0v) is 11.6. The Morgan fingerprint density at radius 1 is 1.19 bits per heavy atom. The first-order valence-electron chi connectivity index (χ1n) is 6.62. The molecule has 0 spiro atoms. The Labute approximate surface area is 120 Å². The molecule has 0 aliphatic carbocycles. The number of nitrogens with one attached hydrogen (secondary N) is 1. The largest absolute Gasteiger partial charge is 0.389 e. The molecule has 0 aliphatic heterocycles. The van der Waals surface area contributed by atoms with Crippen molar-refractivity contribution in [2.45, 2.75) is 25.4 Å². The molecule has 1 aromatic carbocycles. The molecule has 2 rings (SSSR count). The summed E-state index contributed by atoms with van der Waals surface area (Å²) in [4.78, 5) is 4.05. The van der Waals surface area contributed by atoms with E-state index in [4.69, 9.17) is 4.52 Å². The molecular formula is C14H16F3N3O. The highest BCUT2D eigenvalue weighted by Crippen LogP contribution is 2.24. The summed E-state index contributed by atoms with van der Waals surface area (Å²) in [5.74, 6) is 0.338. The lowest BCUT2D eigenvalue weighted by Gasteiger charge is -2.05. The summed E-state index contributed by atoms with van der Waals surface area (Å²) >= 11 is 0. The van der Waals surface area contributed by atoms with Crippen LogP contribution in [0.1, 0.15) is 17.8 Å². The summed E-state index contributed by atoms with van der Waals surface area (Å²) in [6, 6.07) is 7.49. The van der Waals surface area contributed by atoms with Crippen LogP contribution < -0.4 is 5.32 Å². The van der Waals surface area contributed by atoms with Gasteiger partial charge in [0.2, 0.25) is 0 Å². The fraction of sp³-hybridized carbons (Fsp3) is 0.429. The van der Waals surface area contributed by atoms with Gasteiger partial charge in [0.05, 0.1) is 6.42 Å². The minimum atomic E-state index is -4.22. The molecule has 0 radical (unpaired) electrons. The fourth-order valence-electron chi connectivity index (χ4n) is 1.93. The Kier molecular flexibility index (Phi) is 4.95. The van der Waals surface area contributed by atoms with Gasteiger partial charge in [0.1, 0.15) is 0 Å². The maximum atomic E-state index is 12.2. The highest BCUT2D eigenvalue weighted by Gasteiger charge is 2.27. The number of likely N-dealkylation sites (N-methyl/N-ethyl adjacent to an activating group) is 1. The second-order valence-corrected chi connectivity index (χ2v) is 4.64. The van der Waals surface area contributed by atoms with E-state index in [0.717, 1.165) is 24.1 Å². The quantitative estimate of drug-likeness (QED) is 0.891. The van der Waals surface area contributed by atoms with Gasteiger partial charge in [-0.2, -0.15) is 18.2 Å². The van der Waals surface area contributed by atoms with Crippen LogP contribution in [0.15, 0.2) is 28.8 Å². The molecule has 114 valence electrons. The van der Waals surface area contributed by atoms with Gasteiger partial charge in [-0.1, -0.05) is 23.4 Å². The molecule has 0 saturated carbocycles. The number of rotatable bonds is 6. The first-order chi connectivity index (χ1) is 9.99. The van der Waals surface area contributed by atoms with Crippen molar-refractivity contribution in [2.75, 3.05) is 13.6 Å². The topological polar surface area (TPSA) is 51.0 Å². The van der Waals surface area contributed by atoms with Crippen LogP contribution in [0, 0.1) is 0 Å². The van der Waals surface area contributed by atoms with E-state index < -0.39 is 12.6 Å². The molecule has 1 heterocycles. The van der Waals surface area contributed by atoms with E-state index >= 15 is 0 Å². The molecule has 7 heteroatoms. The molecule has 0 aliphatic rings. The average molecular weight is 299 g/mol. The van der Waals surface area contributed by atoms with E-state index in [1.54, 1.807) is 0 Å². The van der Waals surface area contributed by atoms with Crippen molar-refractivity contribution in [3.8, 4) is 11.5 Å². The summed E-state index contributed by atoms with van der Waals surface area (Å²) in [6.07, 6.45) is -4.67. The molecule has 0 bridgehead atoms. The summed E-state index contributed by atoms with van der Waals surface area (Å²) in [7, 11) is 1.85. The van der Waals surface area contributed by atoms with Crippen molar-refractivity contribution in [1.82, 2.24) is 15.5 Å². The minimum absolute atomic E-state index is 0.0748. The Morgan fingerprint density at radius 2 is 1.95 bits per heavy atom. The number of hydrogen-bond donors (Lipinski definition) is 1. The Bertz CT molecular complexity index is 581. The lowest BCUT2D eigenvalue weighted by molar-refractivity contribution is -0.134. The first kappa shape index (κ1) is 15.5. The van der Waals surface area contributed by atoms with Gasteiger partial charge < -0.3 is 9.84 Å². The SMILES string of the molecule is CNCCc1ccccc1-c1nc(CCC(F)(F)F)no1. The maximum absolute atomic E-state index is 12.2. The van der Waals surface area contributed by atoms with E-state index in [1.807, 2.05) is 31.3 Å². The predicted molar refractivity (Wildman–Crippen MR) is 71.7 cm³/mol. The van der Waals surface area contributed by atoms with Crippen molar-refractivity contribution in [2.24, 2.45) is 0 Å². The van der Waals surface area contributed by atoms with Crippen molar-refractivity contribution >= 4 is 0 Å². The van der Waals surface area contributed by atoms with E-state index in [-0.39, 0.29) is 18.1 Å². The molecule has 1 N–H and O–H groups in total. The molecule has 2 aromatic rings. The number of hydrogen-bond acceptors (Lipinski definition) is 4. The van der Waals surface area contributed by atoms with Crippen LogP contribution in [0.2, 0.25) is 0 Å². The third kappa shape index (κ3) is 4.56. The Morgan fingerprint density at radius 3 is 2.67 bits per heavy atom. The van der Waals surface area contributed by atoms with E-state index in [1.165, 1.54) is 0 Å². The average Bonchev–Trinajstić information content (AvgIpc) is 2.91. The monoisotopic (exact) mass is 299 g/mol. The molecule has 0 saturated heterocycles. The van der Waals surface area contributed by atoms with Crippen LogP contribution in [-0.4, -0.2) is 29.9 Å². The maximum Gasteiger partial charge on any atom is 0.389 e. The highest BCUT2D eigenvalue weighted by molar-refractivity contribution is 5.58. The van der Waals surface area contributed by atoms with E-state index in [9.17, 15) is 13.2 Å². The fourth-order valence-corrected chi connectivity index (χ4v) is 1.93. The van der Waals surface area contributed by atoms with E-state index in [0.29, 0.717) is 0 Å². The summed E-state index contributed by atoms with van der Waals surface area (Å²) in [5.41, 5.74) is 1.77. The van der Waals surface area contributed by atoms with Gasteiger partial charge >= 0.3 is 6.18 Å². The van der Waals surface area contributed by atoms with Crippen molar-refractivity contribution in [3.05, 3.63) is 35.7 Å². The van der Waals surface area contributed by atoms with Crippen LogP contribution in [0.4, 0.5) is 13.2 Å². The molecular weight excluding hydrogens is 283 g/mol. The van der Waals surface area contributed by atoms with Gasteiger partial charge in [0.15, 0.2) is 5.82 Å². The molecule has 0 atom stereocenters. The third-order valence-electron chi connectivity index (χ3n) is 2.99. The highest BCUT2D eigenvalue weighted by atomic mass is 19.4. The zero-order valence-electron chi connectivity index (χ0n) is 11.6. The minimum Gasteiger partial charge on any atom is -0.334 e. The molecule has 0 fully saturated rings. The summed E-state index contributed by atoms with van der Waals surface area (Å²) in [6.45, 7) is 0.784. The smallest absolute Gasteiger partial charge is 0.334 e. The van der Waals surface area contributed by atoms with Gasteiger partial charge in [0.25, 0.3) is 5.89 Å². The predicted octanol–water partition coefficient (Wildman–Crippen LogP) is 2.99. The van der Waals surface area contributed by atoms with Gasteiger partial charge in [-0.25, -0.2) is 0 Å². The summed E-state index contributed by atoms with van der Waals surface area (Å²) < 4.78 is 41.6. The van der Waals surface area contributed by atoms with Gasteiger partial charge in [-0.15, -0.1) is 0 Å².